The van der Waals surface area contributed by atoms with Crippen LogP contribution in [0, 0.1) is 5.92 Å². The number of nitrogens with zero attached hydrogens (tertiary/aromatic N) is 2. The Morgan fingerprint density at radius 3 is 2.35 bits per heavy atom. The third kappa shape index (κ3) is 8.40. The Morgan fingerprint density at radius 2 is 1.67 bits per heavy atom. The van der Waals surface area contributed by atoms with Crippen LogP contribution < -0.4 is 10.6 Å². The molecule has 0 radical (unpaired) electrons. The minimum Gasteiger partial charge on any atom is -0.445 e. The fraction of sp³-hybridized carbons (Fsp3) is 0.455. The van der Waals surface area contributed by atoms with Gasteiger partial charge in [-0.2, -0.15) is 0 Å². The van der Waals surface area contributed by atoms with E-state index in [1.165, 1.54) is 4.90 Å². The summed E-state index contributed by atoms with van der Waals surface area (Å²) in [5, 5.41) is 5.18. The van der Waals surface area contributed by atoms with Crippen LogP contribution in [0.5, 0.6) is 0 Å². The molecule has 2 aromatic carbocycles. The lowest BCUT2D eigenvalue weighted by Gasteiger charge is -2.35. The Bertz CT molecular complexity index is 1490. The van der Waals surface area contributed by atoms with Crippen molar-refractivity contribution in [3.05, 3.63) is 70.8 Å². The van der Waals surface area contributed by atoms with E-state index in [9.17, 15) is 28.8 Å². The molecule has 2 aliphatic rings. The summed E-state index contributed by atoms with van der Waals surface area (Å²) in [5.41, 5.74) is 1.85. The molecule has 0 aromatic heterocycles. The summed E-state index contributed by atoms with van der Waals surface area (Å²) in [6.45, 7) is 8.21. The number of imide groups is 1. The highest BCUT2D eigenvalue weighted by molar-refractivity contribution is 6.05. The molecule has 246 valence electrons. The van der Waals surface area contributed by atoms with Gasteiger partial charge in [-0.05, 0) is 55.9 Å². The van der Waals surface area contributed by atoms with Gasteiger partial charge in [-0.15, -0.1) is 0 Å². The molecule has 2 heterocycles. The Balaban J connectivity index is 1.36. The van der Waals surface area contributed by atoms with E-state index in [2.05, 4.69) is 10.6 Å². The second kappa shape index (κ2) is 14.4. The fourth-order valence-electron chi connectivity index (χ4n) is 5.17. The molecule has 0 aliphatic carbocycles. The molecule has 1 fully saturated rings. The number of piperidine rings is 1. The van der Waals surface area contributed by atoms with E-state index >= 15 is 0 Å². The van der Waals surface area contributed by atoms with Crippen LogP contribution in [0.1, 0.15) is 74.5 Å². The maximum atomic E-state index is 13.5. The van der Waals surface area contributed by atoms with Gasteiger partial charge in [0.15, 0.2) is 6.73 Å². The smallest absolute Gasteiger partial charge is 0.408 e. The molecule has 2 aliphatic heterocycles. The largest absolute Gasteiger partial charge is 0.445 e. The second-order valence-electron chi connectivity index (χ2n) is 12.5. The zero-order chi connectivity index (χ0) is 33.6. The van der Waals surface area contributed by atoms with Gasteiger partial charge in [0, 0.05) is 25.1 Å². The van der Waals surface area contributed by atoms with Crippen LogP contribution in [-0.4, -0.2) is 70.1 Å². The number of nitrogens with one attached hydrogen (secondary N) is 2. The first-order valence-electron chi connectivity index (χ1n) is 15.1. The number of hydrogen-bond donors (Lipinski definition) is 2. The number of esters is 1. The van der Waals surface area contributed by atoms with Gasteiger partial charge in [-0.1, -0.05) is 56.3 Å². The van der Waals surface area contributed by atoms with E-state index in [1.54, 1.807) is 77.1 Å². The van der Waals surface area contributed by atoms with Gasteiger partial charge in [0.1, 0.15) is 24.3 Å². The summed E-state index contributed by atoms with van der Waals surface area (Å²) in [4.78, 5) is 79.4. The molecule has 1 saturated heterocycles. The molecule has 5 amide bonds. The first kappa shape index (κ1) is 33.9. The zero-order valence-electron chi connectivity index (χ0n) is 26.7. The van der Waals surface area contributed by atoms with Gasteiger partial charge < -0.3 is 29.7 Å². The molecule has 46 heavy (non-hydrogen) atoms. The topological polar surface area (TPSA) is 161 Å². The zero-order valence-corrected chi connectivity index (χ0v) is 26.7. The van der Waals surface area contributed by atoms with Crippen molar-refractivity contribution in [2.75, 3.05) is 6.73 Å². The molecule has 4 rings (SSSR count). The number of likely N-dealkylation sites (tertiary alicyclic amines) is 1. The Kier molecular flexibility index (Phi) is 10.7. The molecule has 0 bridgehead atoms. The lowest BCUT2D eigenvalue weighted by Crippen LogP contribution is -2.55. The molecule has 0 saturated carbocycles. The van der Waals surface area contributed by atoms with Crippen molar-refractivity contribution in [1.29, 1.82) is 0 Å². The van der Waals surface area contributed by atoms with Gasteiger partial charge in [0.25, 0.3) is 11.8 Å². The maximum absolute atomic E-state index is 13.5. The Labute approximate surface area is 267 Å². The van der Waals surface area contributed by atoms with Crippen LogP contribution in [0.2, 0.25) is 0 Å². The summed E-state index contributed by atoms with van der Waals surface area (Å²) in [6.07, 6.45) is -1.36. The van der Waals surface area contributed by atoms with Crippen LogP contribution in [-0.2, 0) is 48.3 Å². The monoisotopic (exact) mass is 636 g/mol. The number of alkyl carbamates (subject to hydrolysis) is 2. The fourth-order valence-corrected chi connectivity index (χ4v) is 5.17. The SMILES string of the molecule is CC(C)[C@@H](NC(=O)OCc1ccccc1)C(=O)OCN1C(=O)CCC(N2Cc3c(CNC(=O)OC(C)(C)C)cccc3C2=O)C1=O. The van der Waals surface area contributed by atoms with Crippen molar-refractivity contribution in [2.24, 2.45) is 5.92 Å². The molecule has 13 nitrogen and oxygen atoms in total. The average Bonchev–Trinajstić information content (AvgIpc) is 3.33. The van der Waals surface area contributed by atoms with Crippen LogP contribution in [0.3, 0.4) is 0 Å². The number of fused-ring (bicyclic) bond motifs is 1. The van der Waals surface area contributed by atoms with Crippen LogP contribution >= 0.6 is 0 Å². The molecule has 1 unspecified atom stereocenters. The van der Waals surface area contributed by atoms with E-state index in [0.29, 0.717) is 16.7 Å². The molecular formula is C33H40N4O9. The standard InChI is InChI=1S/C33H40N4O9/c1-20(2)27(35-32(43)44-18-21-10-7-6-8-11-21)30(41)45-19-37-26(38)15-14-25(29(37)40)36-17-24-22(12-9-13-23(24)28(36)39)16-34-31(42)46-33(3,4)5/h6-13,20,25,27H,14-19H2,1-5H3,(H,34,42)(H,35,43)/t25?,27-/m1/s1. The highest BCUT2D eigenvalue weighted by Crippen LogP contribution is 2.31. The number of carbonyl (C=O) groups excluding carboxylic acids is 6. The summed E-state index contributed by atoms with van der Waals surface area (Å²) in [7, 11) is 0. The molecule has 0 spiro atoms. The first-order valence-corrected chi connectivity index (χ1v) is 15.1. The summed E-state index contributed by atoms with van der Waals surface area (Å²) < 4.78 is 15.8. The highest BCUT2D eigenvalue weighted by Gasteiger charge is 2.43. The van der Waals surface area contributed by atoms with E-state index in [-0.39, 0.29) is 38.4 Å². The number of ether oxygens (including phenoxy) is 3. The minimum absolute atomic E-state index is 0.00550. The quantitative estimate of drug-likeness (QED) is 0.225. The van der Waals surface area contributed by atoms with Crippen molar-refractivity contribution in [3.8, 4) is 0 Å². The van der Waals surface area contributed by atoms with E-state index < -0.39 is 60.3 Å². The van der Waals surface area contributed by atoms with Crippen LogP contribution in [0.25, 0.3) is 0 Å². The van der Waals surface area contributed by atoms with Gasteiger partial charge in [0.05, 0.1) is 0 Å². The first-order chi connectivity index (χ1) is 21.7. The number of carbonyl (C=O) groups is 6. The predicted molar refractivity (Wildman–Crippen MR) is 164 cm³/mol. The number of amides is 5. The Morgan fingerprint density at radius 1 is 0.957 bits per heavy atom. The van der Waals surface area contributed by atoms with Crippen molar-refractivity contribution in [2.45, 2.75) is 84.8 Å². The second-order valence-corrected chi connectivity index (χ2v) is 12.5. The van der Waals surface area contributed by atoms with Gasteiger partial charge >= 0.3 is 18.2 Å². The van der Waals surface area contributed by atoms with Gasteiger partial charge in [0.2, 0.25) is 5.91 Å². The molecule has 13 heteroatoms. The molecular weight excluding hydrogens is 596 g/mol. The normalized spacial score (nSPS) is 17.0. The summed E-state index contributed by atoms with van der Waals surface area (Å²) >= 11 is 0. The van der Waals surface area contributed by atoms with Crippen LogP contribution in [0.4, 0.5) is 9.59 Å². The number of benzene rings is 2. The van der Waals surface area contributed by atoms with Gasteiger partial charge in [-0.3, -0.25) is 14.4 Å². The molecule has 2 aromatic rings. The van der Waals surface area contributed by atoms with Crippen molar-refractivity contribution in [3.63, 3.8) is 0 Å². The molecule has 2 N–H and O–H groups in total. The third-order valence-electron chi connectivity index (χ3n) is 7.52. The van der Waals surface area contributed by atoms with Crippen molar-refractivity contribution in [1.82, 2.24) is 20.4 Å². The lowest BCUT2D eigenvalue weighted by molar-refractivity contribution is -0.165. The summed E-state index contributed by atoms with van der Waals surface area (Å²) in [5.74, 6) is -2.83. The molecule has 2 atom stereocenters. The highest BCUT2D eigenvalue weighted by atomic mass is 16.6. The predicted octanol–water partition coefficient (Wildman–Crippen LogP) is 3.64. The Hall–Kier alpha value is -4.94. The third-order valence-corrected chi connectivity index (χ3v) is 7.52. The van der Waals surface area contributed by atoms with Crippen molar-refractivity contribution >= 4 is 35.9 Å². The van der Waals surface area contributed by atoms with Crippen LogP contribution in [0.15, 0.2) is 48.5 Å². The van der Waals surface area contributed by atoms with Crippen molar-refractivity contribution < 1.29 is 43.0 Å². The maximum Gasteiger partial charge on any atom is 0.408 e. The minimum atomic E-state index is -1.10. The summed E-state index contributed by atoms with van der Waals surface area (Å²) in [6, 6.07) is 12.1. The van der Waals surface area contributed by atoms with E-state index in [0.717, 1.165) is 10.5 Å². The van der Waals surface area contributed by atoms with E-state index in [4.69, 9.17) is 14.2 Å². The number of hydrogen-bond acceptors (Lipinski definition) is 9. The number of rotatable bonds is 10. The lowest BCUT2D eigenvalue weighted by atomic mass is 10.0. The van der Waals surface area contributed by atoms with Gasteiger partial charge in [-0.25, -0.2) is 19.3 Å². The van der Waals surface area contributed by atoms with E-state index in [1.807, 2.05) is 6.07 Å². The average molecular weight is 637 g/mol.